The van der Waals surface area contributed by atoms with Crippen LogP contribution < -0.4 is 4.90 Å². The minimum Gasteiger partial charge on any atom is -0.356 e. The van der Waals surface area contributed by atoms with Crippen LogP contribution in [0.25, 0.3) is 10.9 Å². The van der Waals surface area contributed by atoms with Crippen LogP contribution in [-0.2, 0) is 6.42 Å². The highest BCUT2D eigenvalue weighted by Crippen LogP contribution is 2.40. The molecule has 1 aliphatic heterocycles. The predicted molar refractivity (Wildman–Crippen MR) is 110 cm³/mol. The molecule has 2 aromatic carbocycles. The molecule has 1 unspecified atom stereocenters. The number of hydrogen-bond acceptors (Lipinski definition) is 3. The fraction of sp³-hybridized carbons (Fsp3) is 0.143. The van der Waals surface area contributed by atoms with Gasteiger partial charge in [-0.05, 0) is 47.9 Å². The monoisotopic (exact) mass is 430 g/mol. The van der Waals surface area contributed by atoms with Gasteiger partial charge in [0.1, 0.15) is 16.8 Å². The molecular formula is C21H14Cl2F2N4. The number of halogens is 4. The third-order valence-corrected chi connectivity index (χ3v) is 5.72. The molecule has 3 heterocycles. The van der Waals surface area contributed by atoms with Crippen molar-refractivity contribution in [2.45, 2.75) is 12.5 Å². The standard InChI is InChI=1S/C21H14Cl2F2N4/c22-15-9-14-13-6-8-29(21-26-7-5-18(23)28-21)20(11-1-3-12(24)4-2-11)19(13)27-17(14)10-16(15)25/h1-5,7,9-10,20,27H,6,8H2. The number of rotatable bonds is 2. The number of hydrogen-bond donors (Lipinski definition) is 1. The summed E-state index contributed by atoms with van der Waals surface area (Å²) in [5, 5.41) is 1.30. The third kappa shape index (κ3) is 3.12. The first-order chi connectivity index (χ1) is 14.0. The van der Waals surface area contributed by atoms with E-state index in [4.69, 9.17) is 23.2 Å². The lowest BCUT2D eigenvalue weighted by Gasteiger charge is -2.36. The van der Waals surface area contributed by atoms with Crippen LogP contribution in [0, 0.1) is 11.6 Å². The van der Waals surface area contributed by atoms with Crippen molar-refractivity contribution in [2.75, 3.05) is 11.4 Å². The molecule has 4 aromatic rings. The molecule has 146 valence electrons. The Morgan fingerprint density at radius 2 is 1.86 bits per heavy atom. The summed E-state index contributed by atoms with van der Waals surface area (Å²) in [5.41, 5.74) is 3.45. The van der Waals surface area contributed by atoms with Gasteiger partial charge in [0, 0.05) is 29.3 Å². The van der Waals surface area contributed by atoms with Gasteiger partial charge in [-0.25, -0.2) is 18.7 Å². The lowest BCUT2D eigenvalue weighted by Crippen LogP contribution is -2.37. The van der Waals surface area contributed by atoms with Crippen LogP contribution in [0.2, 0.25) is 10.2 Å². The van der Waals surface area contributed by atoms with Crippen molar-refractivity contribution in [3.05, 3.63) is 87.3 Å². The van der Waals surface area contributed by atoms with Crippen molar-refractivity contribution in [1.82, 2.24) is 15.0 Å². The van der Waals surface area contributed by atoms with E-state index < -0.39 is 5.82 Å². The molecule has 4 nitrogen and oxygen atoms in total. The number of aromatic nitrogens is 3. The molecule has 5 rings (SSSR count). The zero-order valence-corrected chi connectivity index (χ0v) is 16.5. The molecule has 0 aliphatic carbocycles. The van der Waals surface area contributed by atoms with E-state index in [-0.39, 0.29) is 16.9 Å². The second kappa shape index (κ2) is 6.97. The Kier molecular flexibility index (Phi) is 4.41. The Labute approximate surface area is 175 Å². The smallest absolute Gasteiger partial charge is 0.227 e. The highest BCUT2D eigenvalue weighted by molar-refractivity contribution is 6.31. The molecule has 0 radical (unpaired) electrons. The van der Waals surface area contributed by atoms with Gasteiger partial charge >= 0.3 is 0 Å². The maximum absolute atomic E-state index is 14.0. The first-order valence-corrected chi connectivity index (χ1v) is 9.77. The first-order valence-electron chi connectivity index (χ1n) is 9.01. The van der Waals surface area contributed by atoms with E-state index in [0.717, 1.165) is 22.2 Å². The number of H-pyrrole nitrogens is 1. The van der Waals surface area contributed by atoms with Crippen LogP contribution in [0.3, 0.4) is 0 Å². The molecule has 0 saturated heterocycles. The maximum Gasteiger partial charge on any atom is 0.227 e. The lowest BCUT2D eigenvalue weighted by molar-refractivity contribution is 0.613. The van der Waals surface area contributed by atoms with Crippen LogP contribution in [0.5, 0.6) is 0 Å². The zero-order valence-electron chi connectivity index (χ0n) is 15.0. The minimum atomic E-state index is -0.480. The Balaban J connectivity index is 1.73. The van der Waals surface area contributed by atoms with Crippen molar-refractivity contribution in [2.24, 2.45) is 0 Å². The average molecular weight is 431 g/mol. The van der Waals surface area contributed by atoms with Crippen molar-refractivity contribution in [1.29, 1.82) is 0 Å². The fourth-order valence-corrected chi connectivity index (χ4v) is 4.25. The van der Waals surface area contributed by atoms with Gasteiger partial charge in [0.2, 0.25) is 5.95 Å². The van der Waals surface area contributed by atoms with Gasteiger partial charge in [0.25, 0.3) is 0 Å². The fourth-order valence-electron chi connectivity index (χ4n) is 3.96. The molecule has 1 N–H and O–H groups in total. The molecule has 1 atom stereocenters. The third-order valence-electron chi connectivity index (χ3n) is 5.22. The summed E-state index contributed by atoms with van der Waals surface area (Å²) in [7, 11) is 0. The zero-order chi connectivity index (χ0) is 20.1. The largest absolute Gasteiger partial charge is 0.356 e. The second-order valence-corrected chi connectivity index (χ2v) is 7.70. The molecule has 0 amide bonds. The normalized spacial score (nSPS) is 16.3. The summed E-state index contributed by atoms with van der Waals surface area (Å²) in [6.45, 7) is 0.608. The highest BCUT2D eigenvalue weighted by Gasteiger charge is 2.33. The van der Waals surface area contributed by atoms with Gasteiger partial charge in [-0.15, -0.1) is 0 Å². The molecule has 29 heavy (non-hydrogen) atoms. The van der Waals surface area contributed by atoms with E-state index in [2.05, 4.69) is 15.0 Å². The number of benzene rings is 2. The van der Waals surface area contributed by atoms with Gasteiger partial charge in [0.05, 0.1) is 11.1 Å². The van der Waals surface area contributed by atoms with Gasteiger partial charge in [-0.3, -0.25) is 0 Å². The Hall–Kier alpha value is -2.70. The van der Waals surface area contributed by atoms with E-state index in [0.29, 0.717) is 29.6 Å². The van der Waals surface area contributed by atoms with Crippen molar-refractivity contribution >= 4 is 40.1 Å². The Bertz CT molecular complexity index is 1220. The molecule has 0 spiro atoms. The molecule has 0 saturated carbocycles. The highest BCUT2D eigenvalue weighted by atomic mass is 35.5. The van der Waals surface area contributed by atoms with Crippen molar-refractivity contribution in [3.63, 3.8) is 0 Å². The Morgan fingerprint density at radius 3 is 2.62 bits per heavy atom. The molecule has 0 fully saturated rings. The summed E-state index contributed by atoms with van der Waals surface area (Å²) < 4.78 is 27.6. The molecular weight excluding hydrogens is 417 g/mol. The molecule has 2 aromatic heterocycles. The van der Waals surface area contributed by atoms with E-state index in [9.17, 15) is 8.78 Å². The van der Waals surface area contributed by atoms with Gasteiger partial charge < -0.3 is 9.88 Å². The summed E-state index contributed by atoms with van der Waals surface area (Å²) in [6, 6.07) is 10.6. The topological polar surface area (TPSA) is 44.8 Å². The van der Waals surface area contributed by atoms with Gasteiger partial charge in [0.15, 0.2) is 0 Å². The number of fused-ring (bicyclic) bond motifs is 3. The summed E-state index contributed by atoms with van der Waals surface area (Å²) >= 11 is 12.1. The van der Waals surface area contributed by atoms with Crippen LogP contribution in [0.15, 0.2) is 48.7 Å². The summed E-state index contributed by atoms with van der Waals surface area (Å²) in [6.07, 6.45) is 2.28. The van der Waals surface area contributed by atoms with Crippen LogP contribution in [-0.4, -0.2) is 21.5 Å². The number of anilines is 1. The van der Waals surface area contributed by atoms with E-state index in [1.165, 1.54) is 18.2 Å². The quantitative estimate of drug-likeness (QED) is 0.415. The molecule has 1 aliphatic rings. The average Bonchev–Trinajstić information content (AvgIpc) is 3.06. The minimum absolute atomic E-state index is 0.0817. The van der Waals surface area contributed by atoms with Crippen molar-refractivity contribution in [3.8, 4) is 0 Å². The van der Waals surface area contributed by atoms with Crippen LogP contribution >= 0.6 is 23.2 Å². The lowest BCUT2D eigenvalue weighted by atomic mass is 9.92. The molecule has 8 heteroatoms. The maximum atomic E-state index is 14.0. The summed E-state index contributed by atoms with van der Waals surface area (Å²) in [4.78, 5) is 14.1. The summed E-state index contributed by atoms with van der Waals surface area (Å²) in [5.74, 6) is -0.327. The van der Waals surface area contributed by atoms with E-state index >= 15 is 0 Å². The SMILES string of the molecule is Fc1ccc(C2c3[nH]c4cc(F)c(Cl)cc4c3CCN2c2nccc(Cl)n2)cc1. The van der Waals surface area contributed by atoms with Crippen LogP contribution in [0.1, 0.15) is 22.9 Å². The van der Waals surface area contributed by atoms with Gasteiger partial charge in [-0.2, -0.15) is 0 Å². The predicted octanol–water partition coefficient (Wildman–Crippen LogP) is 5.70. The molecule has 0 bridgehead atoms. The first kappa shape index (κ1) is 18.3. The van der Waals surface area contributed by atoms with E-state index in [1.807, 2.05) is 4.90 Å². The second-order valence-electron chi connectivity index (χ2n) is 6.91. The van der Waals surface area contributed by atoms with Crippen LogP contribution in [0.4, 0.5) is 14.7 Å². The Morgan fingerprint density at radius 1 is 1.07 bits per heavy atom. The van der Waals surface area contributed by atoms with E-state index in [1.54, 1.807) is 30.5 Å². The number of nitrogens with one attached hydrogen (secondary N) is 1. The van der Waals surface area contributed by atoms with Gasteiger partial charge in [-0.1, -0.05) is 35.3 Å². The number of aromatic amines is 1. The van der Waals surface area contributed by atoms with Crippen molar-refractivity contribution < 1.29 is 8.78 Å². The number of nitrogens with zero attached hydrogens (tertiary/aromatic N) is 3.